The first-order valence-corrected chi connectivity index (χ1v) is 5.29. The van der Waals surface area contributed by atoms with E-state index in [0.29, 0.717) is 0 Å². The Bertz CT molecular complexity index is 187. The van der Waals surface area contributed by atoms with Crippen LogP contribution in [0.4, 0.5) is 0 Å². The molecule has 1 fully saturated rings. The van der Waals surface area contributed by atoms with E-state index in [9.17, 15) is 4.79 Å². The minimum Gasteiger partial charge on any atom is -0.303 e. The van der Waals surface area contributed by atoms with Crippen LogP contribution in [-0.2, 0) is 4.79 Å². The Morgan fingerprint density at radius 1 is 1.38 bits per heavy atom. The molecule has 1 heteroatoms. The lowest BCUT2D eigenvalue weighted by Gasteiger charge is -2.32. The zero-order valence-corrected chi connectivity index (χ0v) is 8.64. The highest BCUT2D eigenvalue weighted by atomic mass is 16.1. The molecule has 0 N–H and O–H groups in total. The lowest BCUT2D eigenvalue weighted by atomic mass is 9.72. The van der Waals surface area contributed by atoms with Crippen LogP contribution in [-0.4, -0.2) is 6.29 Å². The minimum atomic E-state index is 0.0111. The Hall–Kier alpha value is -0.590. The molecule has 1 rings (SSSR count). The molecule has 0 bridgehead atoms. The van der Waals surface area contributed by atoms with Crippen molar-refractivity contribution in [3.8, 4) is 0 Å². The van der Waals surface area contributed by atoms with Crippen molar-refractivity contribution >= 4 is 6.29 Å². The largest absolute Gasteiger partial charge is 0.303 e. The summed E-state index contributed by atoms with van der Waals surface area (Å²) in [5.74, 6) is 0. The predicted octanol–water partition coefficient (Wildman–Crippen LogP) is 3.49. The molecular weight excluding hydrogens is 160 g/mol. The highest BCUT2D eigenvalue weighted by molar-refractivity contribution is 5.59. The molecule has 0 atom stereocenters. The van der Waals surface area contributed by atoms with Crippen molar-refractivity contribution in [2.75, 3.05) is 0 Å². The van der Waals surface area contributed by atoms with Gasteiger partial charge in [0.25, 0.3) is 0 Å². The Morgan fingerprint density at radius 2 is 2.00 bits per heavy atom. The van der Waals surface area contributed by atoms with Crippen LogP contribution in [0, 0.1) is 5.41 Å². The van der Waals surface area contributed by atoms with Crippen LogP contribution in [0.2, 0.25) is 0 Å². The van der Waals surface area contributed by atoms with Gasteiger partial charge >= 0.3 is 0 Å². The van der Waals surface area contributed by atoms with Gasteiger partial charge in [-0.25, -0.2) is 0 Å². The molecule has 0 aliphatic heterocycles. The average molecular weight is 180 g/mol. The van der Waals surface area contributed by atoms with Crippen molar-refractivity contribution in [3.63, 3.8) is 0 Å². The number of hydrogen-bond acceptors (Lipinski definition) is 1. The van der Waals surface area contributed by atoms with E-state index in [1.807, 2.05) is 6.92 Å². The van der Waals surface area contributed by atoms with Gasteiger partial charge in [-0.3, -0.25) is 0 Å². The molecule has 0 aromatic rings. The van der Waals surface area contributed by atoms with Gasteiger partial charge in [-0.05, 0) is 32.6 Å². The van der Waals surface area contributed by atoms with Crippen molar-refractivity contribution in [1.29, 1.82) is 0 Å². The Morgan fingerprint density at radius 3 is 2.46 bits per heavy atom. The predicted molar refractivity (Wildman–Crippen MR) is 55.6 cm³/mol. The van der Waals surface area contributed by atoms with Crippen molar-refractivity contribution in [3.05, 3.63) is 12.2 Å². The maximum Gasteiger partial charge on any atom is 0.126 e. The molecule has 1 aliphatic rings. The Labute approximate surface area is 81.2 Å². The summed E-state index contributed by atoms with van der Waals surface area (Å²) in [6.45, 7) is 5.93. The topological polar surface area (TPSA) is 17.1 Å². The fourth-order valence-electron chi connectivity index (χ4n) is 2.15. The maximum absolute atomic E-state index is 11.1. The second kappa shape index (κ2) is 4.59. The van der Waals surface area contributed by atoms with Gasteiger partial charge in [0.1, 0.15) is 6.29 Å². The van der Waals surface area contributed by atoms with E-state index in [2.05, 4.69) is 6.58 Å². The smallest absolute Gasteiger partial charge is 0.126 e. The second-order valence-corrected chi connectivity index (χ2v) is 4.50. The third kappa shape index (κ3) is 2.98. The molecule has 1 aliphatic carbocycles. The molecule has 1 saturated carbocycles. The normalized spacial score (nSPS) is 21.0. The molecule has 1 nitrogen and oxygen atoms in total. The highest BCUT2D eigenvalue weighted by Crippen LogP contribution is 2.38. The lowest BCUT2D eigenvalue weighted by Crippen LogP contribution is -2.25. The average Bonchev–Trinajstić information content (AvgIpc) is 2.16. The number of aldehydes is 1. The number of hydrogen-bond donors (Lipinski definition) is 0. The Balaban J connectivity index is 2.47. The van der Waals surface area contributed by atoms with E-state index in [0.717, 1.165) is 25.7 Å². The molecule has 0 spiro atoms. The lowest BCUT2D eigenvalue weighted by molar-refractivity contribution is -0.118. The van der Waals surface area contributed by atoms with Gasteiger partial charge in [-0.15, -0.1) is 6.58 Å². The second-order valence-electron chi connectivity index (χ2n) is 4.50. The van der Waals surface area contributed by atoms with E-state index in [1.165, 1.54) is 31.1 Å². The van der Waals surface area contributed by atoms with Gasteiger partial charge in [-0.2, -0.15) is 0 Å². The molecule has 0 radical (unpaired) electrons. The van der Waals surface area contributed by atoms with Gasteiger partial charge in [0.15, 0.2) is 0 Å². The Kier molecular flexibility index (Phi) is 3.71. The molecule has 0 aromatic heterocycles. The van der Waals surface area contributed by atoms with Crippen LogP contribution in [0.1, 0.15) is 51.9 Å². The maximum atomic E-state index is 11.1. The minimum absolute atomic E-state index is 0.0111. The summed E-state index contributed by atoms with van der Waals surface area (Å²) in [4.78, 5) is 11.1. The molecule has 74 valence electrons. The van der Waals surface area contributed by atoms with Crippen molar-refractivity contribution in [2.24, 2.45) is 5.41 Å². The molecule has 0 heterocycles. The summed E-state index contributed by atoms with van der Waals surface area (Å²) in [6.07, 6.45) is 9.21. The standard InChI is InChI=1S/C12H20O/c1-11(2)6-9-12(10-13)7-4-3-5-8-12/h10H,1,3-9H2,2H3. The highest BCUT2D eigenvalue weighted by Gasteiger charge is 2.30. The molecular formula is C12H20O. The van der Waals surface area contributed by atoms with E-state index in [4.69, 9.17) is 0 Å². The van der Waals surface area contributed by atoms with E-state index in [-0.39, 0.29) is 5.41 Å². The quantitative estimate of drug-likeness (QED) is 0.478. The molecule has 0 unspecified atom stereocenters. The summed E-state index contributed by atoms with van der Waals surface area (Å²) < 4.78 is 0. The SMILES string of the molecule is C=C(C)CCC1(C=O)CCCCC1. The van der Waals surface area contributed by atoms with Crippen LogP contribution in [0.25, 0.3) is 0 Å². The van der Waals surface area contributed by atoms with E-state index < -0.39 is 0 Å². The summed E-state index contributed by atoms with van der Waals surface area (Å²) >= 11 is 0. The third-order valence-corrected chi connectivity index (χ3v) is 3.15. The monoisotopic (exact) mass is 180 g/mol. The van der Waals surface area contributed by atoms with Crippen LogP contribution >= 0.6 is 0 Å². The first kappa shape index (κ1) is 10.5. The first-order valence-electron chi connectivity index (χ1n) is 5.29. The zero-order chi connectivity index (χ0) is 9.73. The van der Waals surface area contributed by atoms with Crippen LogP contribution < -0.4 is 0 Å². The summed E-state index contributed by atoms with van der Waals surface area (Å²) in [5.41, 5.74) is 1.21. The van der Waals surface area contributed by atoms with E-state index >= 15 is 0 Å². The van der Waals surface area contributed by atoms with Crippen LogP contribution in [0.3, 0.4) is 0 Å². The zero-order valence-electron chi connectivity index (χ0n) is 8.64. The van der Waals surface area contributed by atoms with Crippen molar-refractivity contribution < 1.29 is 4.79 Å². The van der Waals surface area contributed by atoms with Crippen LogP contribution in [0.5, 0.6) is 0 Å². The van der Waals surface area contributed by atoms with Gasteiger partial charge in [0.2, 0.25) is 0 Å². The summed E-state index contributed by atoms with van der Waals surface area (Å²) in [5, 5.41) is 0. The van der Waals surface area contributed by atoms with E-state index in [1.54, 1.807) is 0 Å². The number of carbonyl (C=O) groups is 1. The van der Waals surface area contributed by atoms with Gasteiger partial charge < -0.3 is 4.79 Å². The van der Waals surface area contributed by atoms with Crippen molar-refractivity contribution in [2.45, 2.75) is 51.9 Å². The molecule has 0 amide bonds. The van der Waals surface area contributed by atoms with Gasteiger partial charge in [-0.1, -0.05) is 24.8 Å². The van der Waals surface area contributed by atoms with Crippen LogP contribution in [0.15, 0.2) is 12.2 Å². The molecule has 13 heavy (non-hydrogen) atoms. The third-order valence-electron chi connectivity index (χ3n) is 3.15. The van der Waals surface area contributed by atoms with Gasteiger partial charge in [0, 0.05) is 5.41 Å². The summed E-state index contributed by atoms with van der Waals surface area (Å²) in [7, 11) is 0. The fraction of sp³-hybridized carbons (Fsp3) is 0.750. The van der Waals surface area contributed by atoms with Gasteiger partial charge in [0.05, 0.1) is 0 Å². The molecule has 0 saturated heterocycles. The number of allylic oxidation sites excluding steroid dienone is 1. The first-order chi connectivity index (χ1) is 6.18. The summed E-state index contributed by atoms with van der Waals surface area (Å²) in [6, 6.07) is 0. The fourth-order valence-corrected chi connectivity index (χ4v) is 2.15. The number of carbonyl (C=O) groups excluding carboxylic acids is 1. The molecule has 0 aromatic carbocycles. The number of rotatable bonds is 4. The van der Waals surface area contributed by atoms with Crippen molar-refractivity contribution in [1.82, 2.24) is 0 Å².